The van der Waals surface area contributed by atoms with E-state index in [4.69, 9.17) is 10.4 Å². The van der Waals surface area contributed by atoms with Crippen LogP contribution in [-0.2, 0) is 0 Å². The average molecular weight is 307 g/mol. The lowest BCUT2D eigenvalue weighted by molar-refractivity contribution is 0.0701. The van der Waals surface area contributed by atoms with Crippen LogP contribution in [0.25, 0.3) is 10.2 Å². The second kappa shape index (κ2) is 6.68. The van der Waals surface area contributed by atoms with Crippen LogP contribution >= 0.6 is 23.1 Å². The standard InChI is InChI=1S/C13H13N3O2S2/c1-8-9-11(19-6-4-2-3-5-14)15-7-16-12(9)20-10(8)13(17)18/h7H,2-4,6H2,1H3,(H,17,18). The molecular formula is C13H13N3O2S2. The van der Waals surface area contributed by atoms with Gasteiger partial charge in [0.05, 0.1) is 6.07 Å². The molecule has 0 saturated carbocycles. The first-order chi connectivity index (χ1) is 9.65. The maximum absolute atomic E-state index is 11.2. The number of aromatic nitrogens is 2. The number of unbranched alkanes of at least 4 members (excludes halogenated alkanes) is 2. The van der Waals surface area contributed by atoms with E-state index in [1.807, 2.05) is 0 Å². The Bertz CT molecular complexity index is 676. The molecule has 0 fully saturated rings. The smallest absolute Gasteiger partial charge is 0.346 e. The van der Waals surface area contributed by atoms with E-state index in [-0.39, 0.29) is 0 Å². The molecule has 1 N–H and O–H groups in total. The van der Waals surface area contributed by atoms with Crippen LogP contribution in [0, 0.1) is 18.3 Å². The van der Waals surface area contributed by atoms with Gasteiger partial charge in [0.25, 0.3) is 0 Å². The summed E-state index contributed by atoms with van der Waals surface area (Å²) in [5.74, 6) is -0.0543. The molecule has 0 atom stereocenters. The molecule has 2 aromatic rings. The third-order valence-electron chi connectivity index (χ3n) is 2.81. The number of hydrogen-bond acceptors (Lipinski definition) is 6. The van der Waals surface area contributed by atoms with Crippen molar-refractivity contribution in [1.29, 1.82) is 5.26 Å². The highest BCUT2D eigenvalue weighted by atomic mass is 32.2. The Kier molecular flexibility index (Phi) is 4.93. The van der Waals surface area contributed by atoms with Gasteiger partial charge in [-0.05, 0) is 31.1 Å². The Morgan fingerprint density at radius 3 is 3.00 bits per heavy atom. The fourth-order valence-corrected chi connectivity index (χ4v) is 3.94. The molecule has 0 amide bonds. The zero-order chi connectivity index (χ0) is 14.5. The number of rotatable bonds is 6. The van der Waals surface area contributed by atoms with E-state index in [1.165, 1.54) is 17.7 Å². The molecule has 20 heavy (non-hydrogen) atoms. The first kappa shape index (κ1) is 14.8. The van der Waals surface area contributed by atoms with Gasteiger partial charge in [0.15, 0.2) is 0 Å². The Morgan fingerprint density at radius 2 is 2.30 bits per heavy atom. The molecule has 0 radical (unpaired) electrons. The molecule has 2 aromatic heterocycles. The lowest BCUT2D eigenvalue weighted by atomic mass is 10.2. The largest absolute Gasteiger partial charge is 0.477 e. The number of fused-ring (bicyclic) bond motifs is 1. The summed E-state index contributed by atoms with van der Waals surface area (Å²) in [6.07, 6.45) is 3.86. The fourth-order valence-electron chi connectivity index (χ4n) is 1.83. The number of aryl methyl sites for hydroxylation is 1. The summed E-state index contributed by atoms with van der Waals surface area (Å²) in [6, 6.07) is 2.12. The van der Waals surface area contributed by atoms with Crippen molar-refractivity contribution in [3.05, 3.63) is 16.8 Å². The van der Waals surface area contributed by atoms with Gasteiger partial charge in [-0.25, -0.2) is 14.8 Å². The molecule has 2 rings (SSSR count). The number of nitrogens with zero attached hydrogens (tertiary/aromatic N) is 3. The molecule has 0 unspecified atom stereocenters. The monoisotopic (exact) mass is 307 g/mol. The van der Waals surface area contributed by atoms with Crippen molar-refractivity contribution in [2.24, 2.45) is 0 Å². The number of carboxylic acid groups (broad SMARTS) is 1. The Labute approximate surface area is 124 Å². The highest BCUT2D eigenvalue weighted by Crippen LogP contribution is 2.35. The van der Waals surface area contributed by atoms with Crippen LogP contribution in [0.2, 0.25) is 0 Å². The molecule has 0 aliphatic rings. The van der Waals surface area contributed by atoms with Crippen LogP contribution in [-0.4, -0.2) is 26.8 Å². The van der Waals surface area contributed by atoms with Crippen LogP contribution < -0.4 is 0 Å². The molecule has 2 heterocycles. The van der Waals surface area contributed by atoms with Crippen molar-refractivity contribution in [3.63, 3.8) is 0 Å². The minimum absolute atomic E-state index is 0.326. The van der Waals surface area contributed by atoms with E-state index in [0.29, 0.717) is 11.3 Å². The highest BCUT2D eigenvalue weighted by Gasteiger charge is 2.18. The van der Waals surface area contributed by atoms with Gasteiger partial charge in [-0.2, -0.15) is 5.26 Å². The van der Waals surface area contributed by atoms with Gasteiger partial charge in [-0.3, -0.25) is 0 Å². The molecule has 0 bridgehead atoms. The molecule has 5 nitrogen and oxygen atoms in total. The normalized spacial score (nSPS) is 10.6. The summed E-state index contributed by atoms with van der Waals surface area (Å²) in [7, 11) is 0. The van der Waals surface area contributed by atoms with Crippen molar-refractivity contribution in [2.75, 3.05) is 5.75 Å². The van der Waals surface area contributed by atoms with Gasteiger partial charge in [-0.15, -0.1) is 23.1 Å². The second-order valence-electron chi connectivity index (χ2n) is 4.18. The zero-order valence-corrected chi connectivity index (χ0v) is 12.6. The van der Waals surface area contributed by atoms with Crippen molar-refractivity contribution in [1.82, 2.24) is 9.97 Å². The Balaban J connectivity index is 2.21. The summed E-state index contributed by atoms with van der Waals surface area (Å²) in [5.41, 5.74) is 0.734. The number of carboxylic acids is 1. The van der Waals surface area contributed by atoms with E-state index >= 15 is 0 Å². The minimum atomic E-state index is -0.921. The molecule has 104 valence electrons. The van der Waals surface area contributed by atoms with Crippen LogP contribution in [0.5, 0.6) is 0 Å². The molecule has 0 aliphatic heterocycles. The first-order valence-corrected chi connectivity index (χ1v) is 7.92. The highest BCUT2D eigenvalue weighted by molar-refractivity contribution is 7.99. The van der Waals surface area contributed by atoms with Crippen LogP contribution in [0.1, 0.15) is 34.5 Å². The predicted octanol–water partition coefficient (Wildman–Crippen LogP) is 3.48. The van der Waals surface area contributed by atoms with Crippen molar-refractivity contribution in [3.8, 4) is 6.07 Å². The van der Waals surface area contributed by atoms with Crippen LogP contribution in [0.4, 0.5) is 0 Å². The number of thiophene rings is 1. The summed E-state index contributed by atoms with van der Waals surface area (Å²) in [5, 5.41) is 19.3. The number of carbonyl (C=O) groups is 1. The summed E-state index contributed by atoms with van der Waals surface area (Å²) in [4.78, 5) is 20.6. The second-order valence-corrected chi connectivity index (χ2v) is 6.27. The maximum atomic E-state index is 11.2. The Morgan fingerprint density at radius 1 is 1.50 bits per heavy atom. The van der Waals surface area contributed by atoms with Crippen LogP contribution in [0.3, 0.4) is 0 Å². The minimum Gasteiger partial charge on any atom is -0.477 e. The predicted molar refractivity (Wildman–Crippen MR) is 79.3 cm³/mol. The first-order valence-electron chi connectivity index (χ1n) is 6.12. The number of nitriles is 1. The zero-order valence-electron chi connectivity index (χ0n) is 10.9. The molecule has 0 aromatic carbocycles. The summed E-state index contributed by atoms with van der Waals surface area (Å²) in [6.45, 7) is 1.80. The van der Waals surface area contributed by atoms with Gasteiger partial charge in [0, 0.05) is 11.8 Å². The van der Waals surface area contributed by atoms with E-state index in [1.54, 1.807) is 18.7 Å². The summed E-state index contributed by atoms with van der Waals surface area (Å²) >= 11 is 2.78. The van der Waals surface area contributed by atoms with Gasteiger partial charge in [-0.1, -0.05) is 0 Å². The third-order valence-corrected chi connectivity index (χ3v) is 5.07. The molecule has 7 heteroatoms. The molecule has 0 spiro atoms. The van der Waals surface area contributed by atoms with Crippen molar-refractivity contribution < 1.29 is 9.90 Å². The number of hydrogen-bond donors (Lipinski definition) is 1. The van der Waals surface area contributed by atoms with Crippen molar-refractivity contribution in [2.45, 2.75) is 31.2 Å². The van der Waals surface area contributed by atoms with Gasteiger partial charge < -0.3 is 5.11 Å². The van der Waals surface area contributed by atoms with Gasteiger partial charge in [0.2, 0.25) is 0 Å². The lowest BCUT2D eigenvalue weighted by Crippen LogP contribution is -1.94. The number of thioether (sulfide) groups is 1. The third kappa shape index (κ3) is 3.08. The number of aromatic carboxylic acids is 1. The van der Waals surface area contributed by atoms with Gasteiger partial charge in [0.1, 0.15) is 21.1 Å². The van der Waals surface area contributed by atoms with Crippen molar-refractivity contribution >= 4 is 39.3 Å². The lowest BCUT2D eigenvalue weighted by Gasteiger charge is -2.02. The van der Waals surface area contributed by atoms with Crippen LogP contribution in [0.15, 0.2) is 11.4 Å². The maximum Gasteiger partial charge on any atom is 0.346 e. The van der Waals surface area contributed by atoms with E-state index in [2.05, 4.69) is 16.0 Å². The van der Waals surface area contributed by atoms with E-state index < -0.39 is 5.97 Å². The fraction of sp³-hybridized carbons (Fsp3) is 0.385. The average Bonchev–Trinajstić information content (AvgIpc) is 2.77. The quantitative estimate of drug-likeness (QED) is 0.499. The Hall–Kier alpha value is -1.65. The summed E-state index contributed by atoms with van der Waals surface area (Å²) < 4.78 is 0. The van der Waals surface area contributed by atoms with Gasteiger partial charge >= 0.3 is 5.97 Å². The SMILES string of the molecule is Cc1c(C(=O)O)sc2ncnc(SCCCCC#N)c12. The van der Waals surface area contributed by atoms with E-state index in [0.717, 1.165) is 39.4 Å². The molecule has 0 aliphatic carbocycles. The molecular weight excluding hydrogens is 294 g/mol. The topological polar surface area (TPSA) is 86.9 Å². The van der Waals surface area contributed by atoms with E-state index in [9.17, 15) is 4.79 Å². The molecule has 0 saturated heterocycles.